The number of rotatable bonds is 5. The van der Waals surface area contributed by atoms with Crippen LogP contribution in [0.1, 0.15) is 53.9 Å². The average molecular weight is 200 g/mol. The van der Waals surface area contributed by atoms with Crippen molar-refractivity contribution in [1.29, 1.82) is 0 Å². The molecule has 0 saturated heterocycles. The first kappa shape index (κ1) is 13.5. The molecule has 0 radical (unpaired) electrons. The maximum Gasteiger partial charge on any atom is 0.305 e. The number of hydrogen-bond donors (Lipinski definition) is 0. The maximum absolute atomic E-state index is 11.1. The Morgan fingerprint density at radius 3 is 2.36 bits per heavy atom. The third kappa shape index (κ3) is 8.09. The van der Waals surface area contributed by atoms with Crippen molar-refractivity contribution in [2.45, 2.75) is 53.9 Å². The van der Waals surface area contributed by atoms with E-state index in [-0.39, 0.29) is 5.97 Å². The lowest BCUT2D eigenvalue weighted by molar-refractivity contribution is -0.143. The van der Waals surface area contributed by atoms with Crippen LogP contribution >= 0.6 is 0 Å². The molecular weight excluding hydrogens is 176 g/mol. The van der Waals surface area contributed by atoms with Crippen LogP contribution in [0.3, 0.4) is 0 Å². The van der Waals surface area contributed by atoms with Gasteiger partial charge in [0.2, 0.25) is 0 Å². The van der Waals surface area contributed by atoms with Crippen molar-refractivity contribution in [2.24, 2.45) is 11.3 Å². The second-order valence-corrected chi connectivity index (χ2v) is 5.21. The van der Waals surface area contributed by atoms with Crippen LogP contribution in [0.5, 0.6) is 0 Å². The van der Waals surface area contributed by atoms with Crippen LogP contribution in [0.25, 0.3) is 0 Å². The minimum atomic E-state index is -0.0618. The van der Waals surface area contributed by atoms with Crippen LogP contribution in [0.15, 0.2) is 0 Å². The standard InChI is InChI=1S/C12H24O2/c1-6-14-11(13)8-7-10(2)9-12(3,4)5/h10H,6-9H2,1-5H3. The molecule has 0 rings (SSSR count). The normalized spacial score (nSPS) is 13.8. The molecule has 1 atom stereocenters. The monoisotopic (exact) mass is 200 g/mol. The van der Waals surface area contributed by atoms with E-state index in [9.17, 15) is 4.79 Å². The average Bonchev–Trinajstić information content (AvgIpc) is 1.98. The van der Waals surface area contributed by atoms with Gasteiger partial charge in [-0.05, 0) is 31.1 Å². The first-order valence-corrected chi connectivity index (χ1v) is 5.50. The summed E-state index contributed by atoms with van der Waals surface area (Å²) in [4.78, 5) is 11.1. The fraction of sp³-hybridized carbons (Fsp3) is 0.917. The van der Waals surface area contributed by atoms with Gasteiger partial charge in [0.25, 0.3) is 0 Å². The Balaban J connectivity index is 3.63. The second-order valence-electron chi connectivity index (χ2n) is 5.21. The van der Waals surface area contributed by atoms with Gasteiger partial charge >= 0.3 is 5.97 Å². The molecule has 0 aromatic carbocycles. The largest absolute Gasteiger partial charge is 0.466 e. The molecule has 0 saturated carbocycles. The fourth-order valence-corrected chi connectivity index (χ4v) is 1.74. The van der Waals surface area contributed by atoms with E-state index in [4.69, 9.17) is 4.74 Å². The van der Waals surface area contributed by atoms with Crippen molar-refractivity contribution in [2.75, 3.05) is 6.61 Å². The van der Waals surface area contributed by atoms with E-state index in [2.05, 4.69) is 27.7 Å². The van der Waals surface area contributed by atoms with E-state index >= 15 is 0 Å². The lowest BCUT2D eigenvalue weighted by Crippen LogP contribution is -2.13. The Hall–Kier alpha value is -0.530. The number of carbonyl (C=O) groups is 1. The predicted molar refractivity (Wildman–Crippen MR) is 59.1 cm³/mol. The Bertz CT molecular complexity index is 168. The molecule has 0 aromatic rings. The summed E-state index contributed by atoms with van der Waals surface area (Å²) in [5.74, 6) is 0.535. The van der Waals surface area contributed by atoms with E-state index < -0.39 is 0 Å². The first-order chi connectivity index (χ1) is 6.35. The zero-order valence-corrected chi connectivity index (χ0v) is 10.2. The zero-order valence-electron chi connectivity index (χ0n) is 10.2. The van der Waals surface area contributed by atoms with E-state index in [0.717, 1.165) is 12.8 Å². The van der Waals surface area contributed by atoms with E-state index in [1.54, 1.807) is 0 Å². The van der Waals surface area contributed by atoms with E-state index in [0.29, 0.717) is 24.4 Å². The van der Waals surface area contributed by atoms with Gasteiger partial charge in [-0.2, -0.15) is 0 Å². The lowest BCUT2D eigenvalue weighted by Gasteiger charge is -2.22. The van der Waals surface area contributed by atoms with Crippen LogP contribution in [0.2, 0.25) is 0 Å². The second kappa shape index (κ2) is 6.05. The molecule has 0 aliphatic carbocycles. The molecule has 0 fully saturated rings. The summed E-state index contributed by atoms with van der Waals surface area (Å²) in [7, 11) is 0. The van der Waals surface area contributed by atoms with Gasteiger partial charge in [0, 0.05) is 6.42 Å². The number of ether oxygens (including phenoxy) is 1. The van der Waals surface area contributed by atoms with Crippen molar-refractivity contribution in [3.63, 3.8) is 0 Å². The molecule has 0 aromatic heterocycles. The predicted octanol–water partition coefficient (Wildman–Crippen LogP) is 3.40. The Kier molecular flexibility index (Phi) is 5.82. The third-order valence-electron chi connectivity index (χ3n) is 2.11. The lowest BCUT2D eigenvalue weighted by atomic mass is 9.84. The Labute approximate surface area is 88.0 Å². The molecule has 2 nitrogen and oxygen atoms in total. The number of carbonyl (C=O) groups excluding carboxylic acids is 1. The summed E-state index contributed by atoms with van der Waals surface area (Å²) in [6.45, 7) is 11.2. The minimum Gasteiger partial charge on any atom is -0.466 e. The topological polar surface area (TPSA) is 26.3 Å². The molecule has 0 bridgehead atoms. The smallest absolute Gasteiger partial charge is 0.305 e. The molecule has 1 unspecified atom stereocenters. The quantitative estimate of drug-likeness (QED) is 0.636. The highest BCUT2D eigenvalue weighted by Gasteiger charge is 2.16. The first-order valence-electron chi connectivity index (χ1n) is 5.50. The highest BCUT2D eigenvalue weighted by atomic mass is 16.5. The molecule has 2 heteroatoms. The van der Waals surface area contributed by atoms with Crippen molar-refractivity contribution < 1.29 is 9.53 Å². The van der Waals surface area contributed by atoms with Gasteiger partial charge in [0.15, 0.2) is 0 Å². The fourth-order valence-electron chi connectivity index (χ4n) is 1.74. The van der Waals surface area contributed by atoms with E-state index in [1.165, 1.54) is 0 Å². The summed E-state index contributed by atoms with van der Waals surface area (Å²) in [6, 6.07) is 0. The van der Waals surface area contributed by atoms with Crippen molar-refractivity contribution in [1.82, 2.24) is 0 Å². The highest BCUT2D eigenvalue weighted by Crippen LogP contribution is 2.26. The van der Waals surface area contributed by atoms with Gasteiger partial charge in [-0.15, -0.1) is 0 Å². The van der Waals surface area contributed by atoms with Gasteiger partial charge in [-0.3, -0.25) is 4.79 Å². The highest BCUT2D eigenvalue weighted by molar-refractivity contribution is 5.69. The molecule has 0 amide bonds. The molecule has 0 N–H and O–H groups in total. The SMILES string of the molecule is CCOC(=O)CCC(C)CC(C)(C)C. The van der Waals surface area contributed by atoms with Gasteiger partial charge in [-0.1, -0.05) is 27.7 Å². The molecule has 0 heterocycles. The van der Waals surface area contributed by atoms with Crippen molar-refractivity contribution in [3.8, 4) is 0 Å². The summed E-state index contributed by atoms with van der Waals surface area (Å²) in [5, 5.41) is 0. The maximum atomic E-state index is 11.1. The molecule has 0 aliphatic heterocycles. The van der Waals surface area contributed by atoms with Crippen molar-refractivity contribution in [3.05, 3.63) is 0 Å². The molecule has 14 heavy (non-hydrogen) atoms. The minimum absolute atomic E-state index is 0.0618. The summed E-state index contributed by atoms with van der Waals surface area (Å²) < 4.78 is 4.88. The number of esters is 1. The molecule has 84 valence electrons. The van der Waals surface area contributed by atoms with Gasteiger partial charge in [0.1, 0.15) is 0 Å². The van der Waals surface area contributed by atoms with E-state index in [1.807, 2.05) is 6.92 Å². The van der Waals surface area contributed by atoms with Crippen LogP contribution in [0.4, 0.5) is 0 Å². The van der Waals surface area contributed by atoms with Gasteiger partial charge in [0.05, 0.1) is 6.61 Å². The third-order valence-corrected chi connectivity index (χ3v) is 2.11. The van der Waals surface area contributed by atoms with Crippen LogP contribution in [-0.4, -0.2) is 12.6 Å². The van der Waals surface area contributed by atoms with Gasteiger partial charge < -0.3 is 4.74 Å². The number of hydrogen-bond acceptors (Lipinski definition) is 2. The summed E-state index contributed by atoms with van der Waals surface area (Å²) in [5.41, 5.74) is 0.355. The summed E-state index contributed by atoms with van der Waals surface area (Å²) in [6.07, 6.45) is 2.66. The van der Waals surface area contributed by atoms with Gasteiger partial charge in [-0.25, -0.2) is 0 Å². The van der Waals surface area contributed by atoms with Crippen LogP contribution in [0, 0.1) is 11.3 Å². The Morgan fingerprint density at radius 2 is 1.93 bits per heavy atom. The molecular formula is C12H24O2. The van der Waals surface area contributed by atoms with Crippen molar-refractivity contribution >= 4 is 5.97 Å². The molecule has 0 spiro atoms. The summed E-state index contributed by atoms with van der Waals surface area (Å²) >= 11 is 0. The zero-order chi connectivity index (χ0) is 11.2. The molecule has 0 aliphatic rings. The Morgan fingerprint density at radius 1 is 1.36 bits per heavy atom. The van der Waals surface area contributed by atoms with Crippen LogP contribution < -0.4 is 0 Å². The van der Waals surface area contributed by atoms with Crippen LogP contribution in [-0.2, 0) is 9.53 Å².